The highest BCUT2D eigenvalue weighted by atomic mass is 32.2. The first-order valence-electron chi connectivity index (χ1n) is 10.5. The van der Waals surface area contributed by atoms with Gasteiger partial charge in [-0.05, 0) is 78.9 Å². The second kappa shape index (κ2) is 9.28. The molecule has 4 aromatic rings. The first-order valence-corrected chi connectivity index (χ1v) is 12.0. The number of pyridine rings is 1. The van der Waals surface area contributed by atoms with E-state index in [1.807, 2.05) is 26.0 Å². The van der Waals surface area contributed by atoms with Crippen LogP contribution in [0.25, 0.3) is 10.9 Å². The number of benzene rings is 2. The van der Waals surface area contributed by atoms with Crippen molar-refractivity contribution in [2.45, 2.75) is 31.8 Å². The highest BCUT2D eigenvalue weighted by Gasteiger charge is 2.28. The van der Waals surface area contributed by atoms with Gasteiger partial charge in [-0.25, -0.2) is 13.2 Å². The van der Waals surface area contributed by atoms with Crippen molar-refractivity contribution in [2.24, 2.45) is 0 Å². The molecule has 0 saturated carbocycles. The lowest BCUT2D eigenvalue weighted by molar-refractivity contribution is 0.0600. The van der Waals surface area contributed by atoms with Gasteiger partial charge in [0.05, 0.1) is 30.4 Å². The molecule has 2 aromatic heterocycles. The maximum Gasteiger partial charge on any atom is 0.337 e. The van der Waals surface area contributed by atoms with E-state index >= 15 is 0 Å². The Morgan fingerprint density at radius 3 is 2.50 bits per heavy atom. The van der Waals surface area contributed by atoms with E-state index in [0.29, 0.717) is 11.3 Å². The summed E-state index contributed by atoms with van der Waals surface area (Å²) in [4.78, 5) is 27.6. The summed E-state index contributed by atoms with van der Waals surface area (Å²) in [7, 11) is -2.89. The number of ether oxygens (including phenoxy) is 1. The van der Waals surface area contributed by atoms with Crippen LogP contribution in [0.3, 0.4) is 0 Å². The SMILES string of the molecule is COC(=O)c1cccc(S(=O)(=O)N(Cc2ccco2)Cc2cc3cc(C)c(C)cc3[nH]c2=O)c1. The topological polar surface area (TPSA) is 110 Å². The summed E-state index contributed by atoms with van der Waals surface area (Å²) in [6.07, 6.45) is 1.45. The van der Waals surface area contributed by atoms with Gasteiger partial charge in [-0.1, -0.05) is 6.07 Å². The highest BCUT2D eigenvalue weighted by molar-refractivity contribution is 7.89. The molecule has 34 heavy (non-hydrogen) atoms. The average molecular weight is 481 g/mol. The molecule has 0 spiro atoms. The van der Waals surface area contributed by atoms with E-state index in [2.05, 4.69) is 4.98 Å². The normalized spacial score (nSPS) is 11.8. The summed E-state index contributed by atoms with van der Waals surface area (Å²) in [6, 6.07) is 14.5. The summed E-state index contributed by atoms with van der Waals surface area (Å²) in [5, 5.41) is 0.806. The minimum Gasteiger partial charge on any atom is -0.468 e. The lowest BCUT2D eigenvalue weighted by Gasteiger charge is -2.21. The first kappa shape index (κ1) is 23.5. The number of fused-ring (bicyclic) bond motifs is 1. The number of carbonyl (C=O) groups is 1. The largest absolute Gasteiger partial charge is 0.468 e. The number of furan rings is 1. The van der Waals surface area contributed by atoms with E-state index in [0.717, 1.165) is 20.8 Å². The number of H-pyrrole nitrogens is 1. The number of carbonyl (C=O) groups excluding carboxylic acids is 1. The van der Waals surface area contributed by atoms with E-state index in [-0.39, 0.29) is 34.7 Å². The zero-order valence-electron chi connectivity index (χ0n) is 19.0. The fourth-order valence-corrected chi connectivity index (χ4v) is 5.11. The molecule has 0 aliphatic heterocycles. The van der Waals surface area contributed by atoms with Gasteiger partial charge in [0.2, 0.25) is 10.0 Å². The Hall–Kier alpha value is -3.69. The quantitative estimate of drug-likeness (QED) is 0.402. The van der Waals surface area contributed by atoms with Gasteiger partial charge in [0.25, 0.3) is 5.56 Å². The Labute approximate surface area is 196 Å². The van der Waals surface area contributed by atoms with Gasteiger partial charge in [-0.2, -0.15) is 4.31 Å². The molecule has 1 N–H and O–H groups in total. The van der Waals surface area contributed by atoms with Crippen LogP contribution in [0.5, 0.6) is 0 Å². The van der Waals surface area contributed by atoms with Crippen LogP contribution in [0.15, 0.2) is 75.0 Å². The van der Waals surface area contributed by atoms with Gasteiger partial charge >= 0.3 is 5.97 Å². The van der Waals surface area contributed by atoms with Crippen LogP contribution in [-0.2, 0) is 27.8 Å². The first-order chi connectivity index (χ1) is 16.2. The van der Waals surface area contributed by atoms with Gasteiger partial charge in [-0.15, -0.1) is 0 Å². The highest BCUT2D eigenvalue weighted by Crippen LogP contribution is 2.23. The van der Waals surface area contributed by atoms with E-state index < -0.39 is 16.0 Å². The van der Waals surface area contributed by atoms with Gasteiger partial charge in [0.15, 0.2) is 0 Å². The van der Waals surface area contributed by atoms with E-state index in [4.69, 9.17) is 9.15 Å². The number of sulfonamides is 1. The van der Waals surface area contributed by atoms with Crippen molar-refractivity contribution in [2.75, 3.05) is 7.11 Å². The second-order valence-corrected chi connectivity index (χ2v) is 9.96. The number of methoxy groups -OCH3 is 1. The molecular formula is C25H24N2O6S. The smallest absolute Gasteiger partial charge is 0.337 e. The number of aromatic amines is 1. The fourth-order valence-electron chi connectivity index (χ4n) is 3.68. The van der Waals surface area contributed by atoms with Crippen LogP contribution in [0.1, 0.15) is 32.8 Å². The number of aromatic nitrogens is 1. The molecule has 0 aliphatic rings. The van der Waals surface area contributed by atoms with Crippen molar-refractivity contribution in [1.82, 2.24) is 9.29 Å². The van der Waals surface area contributed by atoms with Crippen LogP contribution >= 0.6 is 0 Å². The van der Waals surface area contributed by atoms with E-state index in [9.17, 15) is 18.0 Å². The minimum absolute atomic E-state index is 0.0920. The summed E-state index contributed by atoms with van der Waals surface area (Å²) in [5.74, 6) is -0.234. The van der Waals surface area contributed by atoms with Crippen molar-refractivity contribution < 1.29 is 22.4 Å². The molecule has 4 rings (SSSR count). The summed E-state index contributed by atoms with van der Waals surface area (Å²) in [5.41, 5.74) is 2.81. The van der Waals surface area contributed by atoms with E-state index in [1.165, 1.54) is 37.6 Å². The number of nitrogens with one attached hydrogen (secondary N) is 1. The average Bonchev–Trinajstić information content (AvgIpc) is 3.33. The second-order valence-electron chi connectivity index (χ2n) is 8.02. The molecular weight excluding hydrogens is 456 g/mol. The van der Waals surface area contributed by atoms with Crippen LogP contribution in [-0.4, -0.2) is 30.8 Å². The summed E-state index contributed by atoms with van der Waals surface area (Å²) < 4.78 is 38.5. The lowest BCUT2D eigenvalue weighted by atomic mass is 10.0. The van der Waals surface area contributed by atoms with Crippen molar-refractivity contribution in [3.63, 3.8) is 0 Å². The Bertz CT molecular complexity index is 1520. The molecule has 0 unspecified atom stereocenters. The number of hydrogen-bond acceptors (Lipinski definition) is 6. The third kappa shape index (κ3) is 4.66. The van der Waals surface area contributed by atoms with Crippen molar-refractivity contribution in [3.8, 4) is 0 Å². The Kier molecular flexibility index (Phi) is 6.41. The fraction of sp³-hybridized carbons (Fsp3) is 0.200. The lowest BCUT2D eigenvalue weighted by Crippen LogP contribution is -2.32. The minimum atomic E-state index is -4.11. The standard InChI is InChI=1S/C25H24N2O6S/c1-16-10-19-12-20(24(28)26-23(19)11-17(16)2)14-27(15-21-7-5-9-33-21)34(30,31)22-8-4-6-18(13-22)25(29)32-3/h4-13H,14-15H2,1-3H3,(H,26,28). The summed E-state index contributed by atoms with van der Waals surface area (Å²) in [6.45, 7) is 3.65. The molecule has 0 atom stereocenters. The van der Waals surface area contributed by atoms with Crippen LogP contribution in [0, 0.1) is 13.8 Å². The maximum absolute atomic E-state index is 13.6. The van der Waals surface area contributed by atoms with Gasteiger partial charge in [0, 0.05) is 17.6 Å². The Balaban J connectivity index is 1.78. The molecule has 0 bridgehead atoms. The number of esters is 1. The van der Waals surface area contributed by atoms with E-state index in [1.54, 1.807) is 18.2 Å². The number of rotatable bonds is 7. The third-order valence-electron chi connectivity index (χ3n) is 5.69. The van der Waals surface area contributed by atoms with Gasteiger partial charge in [-0.3, -0.25) is 4.79 Å². The number of nitrogens with zero attached hydrogens (tertiary/aromatic N) is 1. The summed E-state index contributed by atoms with van der Waals surface area (Å²) >= 11 is 0. The molecule has 0 saturated heterocycles. The molecule has 0 radical (unpaired) electrons. The molecule has 0 fully saturated rings. The molecule has 0 aliphatic carbocycles. The predicted molar refractivity (Wildman–Crippen MR) is 127 cm³/mol. The third-order valence-corrected chi connectivity index (χ3v) is 7.48. The van der Waals surface area contributed by atoms with Crippen molar-refractivity contribution >= 4 is 26.9 Å². The monoisotopic (exact) mass is 480 g/mol. The Morgan fingerprint density at radius 2 is 1.79 bits per heavy atom. The van der Waals surface area contributed by atoms with Crippen LogP contribution in [0.2, 0.25) is 0 Å². The molecule has 176 valence electrons. The number of hydrogen-bond donors (Lipinski definition) is 1. The Morgan fingerprint density at radius 1 is 1.03 bits per heavy atom. The molecule has 2 heterocycles. The van der Waals surface area contributed by atoms with Crippen LogP contribution in [0.4, 0.5) is 0 Å². The molecule has 0 amide bonds. The number of aryl methyl sites for hydroxylation is 2. The van der Waals surface area contributed by atoms with Crippen molar-refractivity contribution in [3.05, 3.63) is 99.2 Å². The zero-order chi connectivity index (χ0) is 24.5. The predicted octanol–water partition coefficient (Wildman–Crippen LogP) is 3.92. The molecule has 8 nitrogen and oxygen atoms in total. The molecule has 9 heteroatoms. The zero-order valence-corrected chi connectivity index (χ0v) is 19.8. The van der Waals surface area contributed by atoms with Gasteiger partial charge in [0.1, 0.15) is 5.76 Å². The maximum atomic E-state index is 13.6. The van der Waals surface area contributed by atoms with Gasteiger partial charge < -0.3 is 14.1 Å². The van der Waals surface area contributed by atoms with Crippen molar-refractivity contribution in [1.29, 1.82) is 0 Å². The molecule has 2 aromatic carbocycles. The van der Waals surface area contributed by atoms with Crippen LogP contribution < -0.4 is 5.56 Å².